The number of hydrogen-bond acceptors (Lipinski definition) is 8. The highest BCUT2D eigenvalue weighted by molar-refractivity contribution is 7.89. The van der Waals surface area contributed by atoms with E-state index in [2.05, 4.69) is 30.9 Å². The predicted molar refractivity (Wildman–Crippen MR) is 113 cm³/mol. The lowest BCUT2D eigenvalue weighted by atomic mass is 10.2. The van der Waals surface area contributed by atoms with Crippen molar-refractivity contribution < 1.29 is 13.2 Å². The zero-order valence-electron chi connectivity index (χ0n) is 16.3. The van der Waals surface area contributed by atoms with Gasteiger partial charge in [0.25, 0.3) is 0 Å². The van der Waals surface area contributed by atoms with Crippen molar-refractivity contribution in [2.45, 2.75) is 18.4 Å². The Kier molecular flexibility index (Phi) is 5.31. The largest absolute Gasteiger partial charge is 0.352 e. The Morgan fingerprint density at radius 2 is 1.94 bits per heavy atom. The van der Waals surface area contributed by atoms with Crippen molar-refractivity contribution in [3.05, 3.63) is 60.3 Å². The third kappa shape index (κ3) is 4.65. The van der Waals surface area contributed by atoms with Crippen molar-refractivity contribution in [2.75, 3.05) is 5.32 Å². The fraction of sp³-hybridized carbons (Fsp3) is 0.105. The molecule has 0 fully saturated rings. The summed E-state index contributed by atoms with van der Waals surface area (Å²) in [6.45, 7) is 1.86. The van der Waals surface area contributed by atoms with Crippen LogP contribution in [0.2, 0.25) is 0 Å². The number of carbonyl (C=O) groups is 1. The summed E-state index contributed by atoms with van der Waals surface area (Å²) in [7, 11) is -3.76. The molecule has 4 rings (SSSR count). The van der Waals surface area contributed by atoms with E-state index in [-0.39, 0.29) is 16.8 Å². The molecule has 4 aromatic rings. The van der Waals surface area contributed by atoms with E-state index in [1.54, 1.807) is 16.8 Å². The molecule has 0 saturated heterocycles. The van der Waals surface area contributed by atoms with Crippen LogP contribution in [0.3, 0.4) is 0 Å². The first kappa shape index (κ1) is 20.4. The summed E-state index contributed by atoms with van der Waals surface area (Å²) < 4.78 is 24.3. The molecule has 31 heavy (non-hydrogen) atoms. The molecule has 0 saturated carbocycles. The van der Waals surface area contributed by atoms with Gasteiger partial charge in [-0.3, -0.25) is 4.79 Å². The first-order chi connectivity index (χ1) is 14.8. The molecule has 0 unspecified atom stereocenters. The number of primary sulfonamides is 1. The van der Waals surface area contributed by atoms with Crippen molar-refractivity contribution in [3.63, 3.8) is 0 Å². The number of nitrogens with two attached hydrogens (primary N) is 1. The molecule has 158 valence electrons. The lowest BCUT2D eigenvalue weighted by Crippen LogP contribution is -2.18. The second-order valence-electron chi connectivity index (χ2n) is 6.68. The standard InChI is InChI=1S/C19H18N8O3S/c1-12(28)21-10-13-3-2-4-15(9-13)27-18-17(25-26-27)11-22-19(24-18)23-14-5-7-16(8-6-14)31(20,29)30/h2-9,11H,10H2,1H3,(H,21,28)(H2,20,29,30)(H,22,23,24). The quantitative estimate of drug-likeness (QED) is 0.406. The summed E-state index contributed by atoms with van der Waals surface area (Å²) in [5.41, 5.74) is 3.20. The van der Waals surface area contributed by atoms with Gasteiger partial charge in [0.2, 0.25) is 21.9 Å². The van der Waals surface area contributed by atoms with Gasteiger partial charge in [-0.1, -0.05) is 17.3 Å². The topological polar surface area (TPSA) is 158 Å². The Morgan fingerprint density at radius 1 is 1.16 bits per heavy atom. The van der Waals surface area contributed by atoms with Crippen LogP contribution in [0, 0.1) is 0 Å². The summed E-state index contributed by atoms with van der Waals surface area (Å²) in [4.78, 5) is 19.9. The molecule has 0 bridgehead atoms. The molecule has 0 aliphatic heterocycles. The van der Waals surface area contributed by atoms with E-state index < -0.39 is 10.0 Å². The summed E-state index contributed by atoms with van der Waals surface area (Å²) in [6, 6.07) is 13.4. The van der Waals surface area contributed by atoms with Crippen molar-refractivity contribution in [1.29, 1.82) is 0 Å². The van der Waals surface area contributed by atoms with Gasteiger partial charge in [-0.2, -0.15) is 9.67 Å². The van der Waals surface area contributed by atoms with Gasteiger partial charge in [-0.25, -0.2) is 18.5 Å². The van der Waals surface area contributed by atoms with Crippen molar-refractivity contribution >= 4 is 38.7 Å². The number of aromatic nitrogens is 5. The number of carbonyl (C=O) groups excluding carboxylic acids is 1. The van der Waals surface area contributed by atoms with Crippen molar-refractivity contribution in [1.82, 2.24) is 30.3 Å². The fourth-order valence-electron chi connectivity index (χ4n) is 2.84. The maximum Gasteiger partial charge on any atom is 0.238 e. The highest BCUT2D eigenvalue weighted by Gasteiger charge is 2.12. The van der Waals surface area contributed by atoms with Gasteiger partial charge in [-0.05, 0) is 42.0 Å². The average molecular weight is 438 g/mol. The Bertz CT molecular complexity index is 1370. The summed E-state index contributed by atoms with van der Waals surface area (Å²) >= 11 is 0. The first-order valence-corrected chi connectivity index (χ1v) is 10.7. The van der Waals surface area contributed by atoms with E-state index in [4.69, 9.17) is 5.14 Å². The predicted octanol–water partition coefficient (Wildman–Crippen LogP) is 1.24. The normalized spacial score (nSPS) is 11.4. The number of hydrogen-bond donors (Lipinski definition) is 3. The molecular weight excluding hydrogens is 420 g/mol. The molecule has 4 N–H and O–H groups in total. The monoisotopic (exact) mass is 438 g/mol. The molecule has 0 spiro atoms. The molecule has 2 heterocycles. The molecule has 12 heteroatoms. The average Bonchev–Trinajstić information content (AvgIpc) is 3.15. The van der Waals surface area contributed by atoms with Gasteiger partial charge in [0.15, 0.2) is 11.2 Å². The van der Waals surface area contributed by atoms with Crippen LogP contribution in [-0.4, -0.2) is 39.3 Å². The Morgan fingerprint density at radius 3 is 2.65 bits per heavy atom. The number of amides is 1. The lowest BCUT2D eigenvalue weighted by Gasteiger charge is -2.08. The number of anilines is 2. The van der Waals surface area contributed by atoms with Crippen LogP contribution in [0.1, 0.15) is 12.5 Å². The number of benzene rings is 2. The van der Waals surface area contributed by atoms with Crippen LogP contribution in [0.25, 0.3) is 16.9 Å². The van der Waals surface area contributed by atoms with E-state index in [0.717, 1.165) is 11.3 Å². The van der Waals surface area contributed by atoms with Crippen molar-refractivity contribution in [2.24, 2.45) is 5.14 Å². The van der Waals surface area contributed by atoms with Crippen LogP contribution < -0.4 is 15.8 Å². The lowest BCUT2D eigenvalue weighted by molar-refractivity contribution is -0.119. The highest BCUT2D eigenvalue weighted by Crippen LogP contribution is 2.19. The molecule has 0 atom stereocenters. The SMILES string of the molecule is CC(=O)NCc1cccc(-n2nnc3cnc(Nc4ccc(S(N)(=O)=O)cc4)nc32)c1. The van der Waals surface area contributed by atoms with Gasteiger partial charge >= 0.3 is 0 Å². The number of rotatable bonds is 6. The van der Waals surface area contributed by atoms with Crippen LogP contribution in [0.4, 0.5) is 11.6 Å². The van der Waals surface area contributed by atoms with Crippen LogP contribution in [-0.2, 0) is 21.4 Å². The molecule has 0 aliphatic rings. The summed E-state index contributed by atoms with van der Waals surface area (Å²) in [5, 5.41) is 19.1. The minimum absolute atomic E-state index is 0.0100. The first-order valence-electron chi connectivity index (χ1n) is 9.12. The van der Waals surface area contributed by atoms with Gasteiger partial charge < -0.3 is 10.6 Å². The molecule has 2 aromatic heterocycles. The fourth-order valence-corrected chi connectivity index (χ4v) is 3.36. The Balaban J connectivity index is 1.62. The van der Waals surface area contributed by atoms with Crippen molar-refractivity contribution in [3.8, 4) is 5.69 Å². The summed E-state index contributed by atoms with van der Waals surface area (Å²) in [6.07, 6.45) is 1.54. The number of nitrogens with one attached hydrogen (secondary N) is 2. The molecule has 0 radical (unpaired) electrons. The summed E-state index contributed by atoms with van der Waals surface area (Å²) in [5.74, 6) is 0.172. The molecular formula is C19H18N8O3S. The van der Waals surface area contributed by atoms with Gasteiger partial charge in [0.05, 0.1) is 16.8 Å². The van der Waals surface area contributed by atoms with Crippen LogP contribution >= 0.6 is 0 Å². The maximum absolute atomic E-state index is 11.4. The zero-order valence-corrected chi connectivity index (χ0v) is 17.2. The number of nitrogens with zero attached hydrogens (tertiary/aromatic N) is 5. The van der Waals surface area contributed by atoms with E-state index in [1.165, 1.54) is 25.3 Å². The molecule has 11 nitrogen and oxygen atoms in total. The molecule has 2 aromatic carbocycles. The Hall–Kier alpha value is -3.90. The number of fused-ring (bicyclic) bond motifs is 1. The minimum atomic E-state index is -3.76. The number of sulfonamides is 1. The maximum atomic E-state index is 11.4. The third-order valence-electron chi connectivity index (χ3n) is 4.33. The van der Waals surface area contributed by atoms with E-state index in [1.807, 2.05) is 24.3 Å². The van der Waals surface area contributed by atoms with Crippen LogP contribution in [0.15, 0.2) is 59.6 Å². The molecule has 0 aliphatic carbocycles. The second kappa shape index (κ2) is 8.08. The second-order valence-corrected chi connectivity index (χ2v) is 8.24. The zero-order chi connectivity index (χ0) is 22.0. The third-order valence-corrected chi connectivity index (χ3v) is 5.26. The smallest absolute Gasteiger partial charge is 0.238 e. The molecule has 1 amide bonds. The van der Waals surface area contributed by atoms with E-state index in [0.29, 0.717) is 23.4 Å². The van der Waals surface area contributed by atoms with E-state index >= 15 is 0 Å². The Labute approximate surface area is 177 Å². The van der Waals surface area contributed by atoms with Crippen LogP contribution in [0.5, 0.6) is 0 Å². The van der Waals surface area contributed by atoms with Gasteiger partial charge in [0.1, 0.15) is 0 Å². The van der Waals surface area contributed by atoms with Gasteiger partial charge in [0, 0.05) is 19.2 Å². The van der Waals surface area contributed by atoms with E-state index in [9.17, 15) is 13.2 Å². The van der Waals surface area contributed by atoms with Gasteiger partial charge in [-0.15, -0.1) is 5.10 Å². The minimum Gasteiger partial charge on any atom is -0.352 e. The highest BCUT2D eigenvalue weighted by atomic mass is 32.2.